The van der Waals surface area contributed by atoms with Gasteiger partial charge in [0.1, 0.15) is 11.5 Å². The summed E-state index contributed by atoms with van der Waals surface area (Å²) in [6.45, 7) is 0.696. The third-order valence-electron chi connectivity index (χ3n) is 4.30. The number of rotatable bonds is 4. The van der Waals surface area contributed by atoms with Crippen molar-refractivity contribution in [3.63, 3.8) is 0 Å². The van der Waals surface area contributed by atoms with E-state index in [-0.39, 0.29) is 5.41 Å². The molecule has 4 heteroatoms. The number of benzene rings is 1. The van der Waals surface area contributed by atoms with Crippen LogP contribution in [0.25, 0.3) is 10.9 Å². The Morgan fingerprint density at radius 3 is 2.53 bits per heavy atom. The molecule has 0 spiro atoms. The van der Waals surface area contributed by atoms with Gasteiger partial charge >= 0.3 is 0 Å². The Hall–Kier alpha value is -1.68. The first kappa shape index (κ1) is 12.4. The molecule has 1 aromatic carbocycles. The Morgan fingerprint density at radius 1 is 1.26 bits per heavy atom. The molecular formula is C15H20N2O2. The molecule has 0 bridgehead atoms. The van der Waals surface area contributed by atoms with Crippen LogP contribution in [0.4, 0.5) is 0 Å². The van der Waals surface area contributed by atoms with E-state index in [2.05, 4.69) is 17.8 Å². The third kappa shape index (κ3) is 1.70. The first-order chi connectivity index (χ1) is 9.15. The number of hydrogen-bond acceptors (Lipinski definition) is 3. The van der Waals surface area contributed by atoms with Crippen LogP contribution < -0.4 is 15.2 Å². The fourth-order valence-electron chi connectivity index (χ4n) is 2.87. The molecule has 0 atom stereocenters. The van der Waals surface area contributed by atoms with Gasteiger partial charge in [0.25, 0.3) is 0 Å². The summed E-state index contributed by atoms with van der Waals surface area (Å²) in [5.41, 5.74) is 8.57. The smallest absolute Gasteiger partial charge is 0.132 e. The van der Waals surface area contributed by atoms with E-state index in [1.807, 2.05) is 12.1 Å². The molecule has 4 nitrogen and oxygen atoms in total. The minimum Gasteiger partial charge on any atom is -0.497 e. The van der Waals surface area contributed by atoms with Gasteiger partial charge in [-0.3, -0.25) is 0 Å². The van der Waals surface area contributed by atoms with Crippen molar-refractivity contribution in [3.05, 3.63) is 23.9 Å². The molecule has 1 aliphatic rings. The quantitative estimate of drug-likeness (QED) is 0.916. The van der Waals surface area contributed by atoms with Crippen LogP contribution in [0.3, 0.4) is 0 Å². The topological polar surface area (TPSA) is 49.4 Å². The Balaban J connectivity index is 2.30. The molecule has 1 fully saturated rings. The molecular weight excluding hydrogens is 240 g/mol. The first-order valence-electron chi connectivity index (χ1n) is 6.57. The standard InChI is InChI=1S/C15H20N2O2/c1-17-8-11(15(9-16)4-5-15)14-12(17)6-10(18-2)7-13(14)19-3/h6-8H,4-5,9,16H2,1-3H3. The summed E-state index contributed by atoms with van der Waals surface area (Å²) in [6.07, 6.45) is 4.52. The highest BCUT2D eigenvalue weighted by atomic mass is 16.5. The molecule has 0 radical (unpaired) electrons. The first-order valence-corrected chi connectivity index (χ1v) is 6.57. The molecule has 0 saturated heterocycles. The van der Waals surface area contributed by atoms with E-state index in [4.69, 9.17) is 15.2 Å². The van der Waals surface area contributed by atoms with Gasteiger partial charge in [0.15, 0.2) is 0 Å². The second kappa shape index (κ2) is 4.17. The summed E-state index contributed by atoms with van der Waals surface area (Å²) in [5, 5.41) is 1.17. The molecule has 2 N–H and O–H groups in total. The average molecular weight is 260 g/mol. The van der Waals surface area contributed by atoms with Crippen molar-refractivity contribution in [2.75, 3.05) is 20.8 Å². The maximum absolute atomic E-state index is 5.97. The predicted octanol–water partition coefficient (Wildman–Crippen LogP) is 2.19. The van der Waals surface area contributed by atoms with Gasteiger partial charge in [-0.2, -0.15) is 0 Å². The largest absolute Gasteiger partial charge is 0.497 e. The van der Waals surface area contributed by atoms with Crippen molar-refractivity contribution in [1.29, 1.82) is 0 Å². The second-order valence-corrected chi connectivity index (χ2v) is 5.36. The van der Waals surface area contributed by atoms with Crippen molar-refractivity contribution in [2.24, 2.45) is 12.8 Å². The molecule has 0 aliphatic heterocycles. The van der Waals surface area contributed by atoms with E-state index in [9.17, 15) is 0 Å². The van der Waals surface area contributed by atoms with Crippen LogP contribution >= 0.6 is 0 Å². The number of nitrogens with two attached hydrogens (primary N) is 1. The molecule has 0 amide bonds. The lowest BCUT2D eigenvalue weighted by atomic mass is 9.95. The summed E-state index contributed by atoms with van der Waals surface area (Å²) in [5.74, 6) is 1.68. The minimum atomic E-state index is 0.154. The predicted molar refractivity (Wildman–Crippen MR) is 76.0 cm³/mol. The molecule has 3 rings (SSSR count). The maximum Gasteiger partial charge on any atom is 0.132 e. The lowest BCUT2D eigenvalue weighted by Gasteiger charge is -2.13. The number of aromatic nitrogens is 1. The Labute approximate surface area is 113 Å². The van der Waals surface area contributed by atoms with Gasteiger partial charge in [-0.25, -0.2) is 0 Å². The van der Waals surface area contributed by atoms with Crippen LogP contribution in [0.15, 0.2) is 18.3 Å². The molecule has 0 unspecified atom stereocenters. The van der Waals surface area contributed by atoms with Gasteiger partial charge in [-0.1, -0.05) is 0 Å². The Kier molecular flexibility index (Phi) is 2.71. The number of ether oxygens (including phenoxy) is 2. The Morgan fingerprint density at radius 2 is 2.00 bits per heavy atom. The molecule has 1 aromatic heterocycles. The summed E-state index contributed by atoms with van der Waals surface area (Å²) < 4.78 is 13.0. The molecule has 1 aliphatic carbocycles. The maximum atomic E-state index is 5.97. The zero-order valence-corrected chi connectivity index (χ0v) is 11.7. The highest BCUT2D eigenvalue weighted by Gasteiger charge is 2.45. The van der Waals surface area contributed by atoms with Crippen molar-refractivity contribution in [2.45, 2.75) is 18.3 Å². The zero-order chi connectivity index (χ0) is 13.6. The number of fused-ring (bicyclic) bond motifs is 1. The van der Waals surface area contributed by atoms with Crippen molar-refractivity contribution in [3.8, 4) is 11.5 Å². The van der Waals surface area contributed by atoms with Crippen molar-refractivity contribution >= 4 is 10.9 Å². The molecule has 2 aromatic rings. The zero-order valence-electron chi connectivity index (χ0n) is 11.7. The van der Waals surface area contributed by atoms with Gasteiger partial charge in [-0.05, 0) is 18.4 Å². The lowest BCUT2D eigenvalue weighted by Crippen LogP contribution is -2.19. The molecule has 1 heterocycles. The highest BCUT2D eigenvalue weighted by Crippen LogP contribution is 2.52. The number of aryl methyl sites for hydroxylation is 1. The third-order valence-corrected chi connectivity index (χ3v) is 4.30. The molecule has 1 saturated carbocycles. The fraction of sp³-hybridized carbons (Fsp3) is 0.467. The van der Waals surface area contributed by atoms with Gasteiger partial charge in [0.05, 0.1) is 19.7 Å². The fourth-order valence-corrected chi connectivity index (χ4v) is 2.87. The average Bonchev–Trinajstić information content (AvgIpc) is 3.17. The number of methoxy groups -OCH3 is 2. The van der Waals surface area contributed by atoms with E-state index in [0.717, 1.165) is 29.9 Å². The number of nitrogens with zero attached hydrogens (tertiary/aromatic N) is 1. The molecule has 102 valence electrons. The van der Waals surface area contributed by atoms with Gasteiger partial charge in [-0.15, -0.1) is 0 Å². The second-order valence-electron chi connectivity index (χ2n) is 5.36. The van der Waals surface area contributed by atoms with Crippen LogP contribution in [0.1, 0.15) is 18.4 Å². The van der Waals surface area contributed by atoms with E-state index in [0.29, 0.717) is 6.54 Å². The normalized spacial score (nSPS) is 16.6. The van der Waals surface area contributed by atoms with Crippen LogP contribution in [0.5, 0.6) is 11.5 Å². The van der Waals surface area contributed by atoms with E-state index < -0.39 is 0 Å². The summed E-state index contributed by atoms with van der Waals surface area (Å²) >= 11 is 0. The minimum absolute atomic E-state index is 0.154. The van der Waals surface area contributed by atoms with E-state index in [1.54, 1.807) is 14.2 Å². The monoisotopic (exact) mass is 260 g/mol. The van der Waals surface area contributed by atoms with Crippen LogP contribution in [0.2, 0.25) is 0 Å². The van der Waals surface area contributed by atoms with Gasteiger partial charge in [0.2, 0.25) is 0 Å². The lowest BCUT2D eigenvalue weighted by molar-refractivity contribution is 0.397. The van der Waals surface area contributed by atoms with E-state index >= 15 is 0 Å². The highest BCUT2D eigenvalue weighted by molar-refractivity contribution is 5.92. The van der Waals surface area contributed by atoms with Gasteiger partial charge < -0.3 is 19.8 Å². The van der Waals surface area contributed by atoms with Crippen LogP contribution in [-0.4, -0.2) is 25.3 Å². The van der Waals surface area contributed by atoms with Crippen molar-refractivity contribution < 1.29 is 9.47 Å². The summed E-state index contributed by atoms with van der Waals surface area (Å²) in [6, 6.07) is 3.99. The molecule has 19 heavy (non-hydrogen) atoms. The van der Waals surface area contributed by atoms with E-state index in [1.165, 1.54) is 10.9 Å². The summed E-state index contributed by atoms with van der Waals surface area (Å²) in [7, 11) is 5.43. The SMILES string of the molecule is COc1cc(OC)c2c(C3(CN)CC3)cn(C)c2c1. The summed E-state index contributed by atoms with van der Waals surface area (Å²) in [4.78, 5) is 0. The number of hydrogen-bond donors (Lipinski definition) is 1. The van der Waals surface area contributed by atoms with Gasteiger partial charge in [0, 0.05) is 42.7 Å². The van der Waals surface area contributed by atoms with Crippen molar-refractivity contribution in [1.82, 2.24) is 4.57 Å². The Bertz CT molecular complexity index is 627. The van der Waals surface area contributed by atoms with Crippen LogP contribution in [-0.2, 0) is 12.5 Å². The van der Waals surface area contributed by atoms with Crippen LogP contribution in [0, 0.1) is 0 Å².